The van der Waals surface area contributed by atoms with Crippen LogP contribution < -0.4 is 0 Å². The number of carbonyl (C=O) groups excluding carboxylic acids is 1. The summed E-state index contributed by atoms with van der Waals surface area (Å²) < 4.78 is 3.06. The van der Waals surface area contributed by atoms with Crippen LogP contribution in [0.1, 0.15) is 28.2 Å². The average Bonchev–Trinajstić information content (AvgIpc) is 2.78. The van der Waals surface area contributed by atoms with E-state index in [1.54, 1.807) is 11.9 Å². The highest BCUT2D eigenvalue weighted by molar-refractivity contribution is 9.10. The summed E-state index contributed by atoms with van der Waals surface area (Å²) in [6, 6.07) is 11.9. The monoisotopic (exact) mass is 359 g/mol. The van der Waals surface area contributed by atoms with Crippen LogP contribution in [0.3, 0.4) is 0 Å². The third kappa shape index (κ3) is 3.23. The molecule has 0 fully saturated rings. The van der Waals surface area contributed by atoms with Gasteiger partial charge in [-0.25, -0.2) is 0 Å². The van der Waals surface area contributed by atoms with Crippen LogP contribution in [0, 0.1) is 25.2 Å². The normalized spacial score (nSPS) is 10.3. The summed E-state index contributed by atoms with van der Waals surface area (Å²) >= 11 is 3.48. The number of aryl methyl sites for hydroxylation is 1. The van der Waals surface area contributed by atoms with Crippen molar-refractivity contribution in [1.29, 1.82) is 5.26 Å². The average molecular weight is 360 g/mol. The van der Waals surface area contributed by atoms with Crippen molar-refractivity contribution in [2.45, 2.75) is 20.3 Å². The number of rotatable bonds is 4. The van der Waals surface area contributed by atoms with Crippen LogP contribution >= 0.6 is 15.9 Å². The standard InChI is InChI=1S/C17H18BrN3O/c1-12-10-16(17(22)20(3)9-5-8-19)13(2)21(12)15-7-4-6-14(18)11-15/h4,6-7,10-11H,5,9H2,1-3H3. The molecule has 0 aliphatic carbocycles. The largest absolute Gasteiger partial charge is 0.341 e. The number of aromatic nitrogens is 1. The number of benzene rings is 1. The molecule has 22 heavy (non-hydrogen) atoms. The molecule has 0 unspecified atom stereocenters. The Hall–Kier alpha value is -2.06. The van der Waals surface area contributed by atoms with Gasteiger partial charge in [-0.3, -0.25) is 4.79 Å². The third-order valence-corrected chi connectivity index (χ3v) is 4.13. The molecule has 0 saturated heterocycles. The highest BCUT2D eigenvalue weighted by Gasteiger charge is 2.19. The third-order valence-electron chi connectivity index (χ3n) is 3.63. The smallest absolute Gasteiger partial charge is 0.255 e. The summed E-state index contributed by atoms with van der Waals surface area (Å²) in [7, 11) is 1.73. The molecule has 0 N–H and O–H groups in total. The zero-order valence-electron chi connectivity index (χ0n) is 12.9. The maximum atomic E-state index is 12.5. The van der Waals surface area contributed by atoms with Gasteiger partial charge in [-0.2, -0.15) is 5.26 Å². The molecule has 1 heterocycles. The number of nitrogens with zero attached hydrogens (tertiary/aromatic N) is 3. The number of amides is 1. The molecule has 4 nitrogen and oxygen atoms in total. The number of carbonyl (C=O) groups is 1. The zero-order valence-corrected chi connectivity index (χ0v) is 14.5. The van der Waals surface area contributed by atoms with Gasteiger partial charge in [-0.1, -0.05) is 22.0 Å². The summed E-state index contributed by atoms with van der Waals surface area (Å²) in [6.07, 6.45) is 0.340. The second kappa shape index (κ2) is 6.80. The number of nitriles is 1. The molecule has 0 aliphatic rings. The second-order valence-corrected chi connectivity index (χ2v) is 6.15. The fourth-order valence-corrected chi connectivity index (χ4v) is 2.90. The lowest BCUT2D eigenvalue weighted by atomic mass is 10.2. The van der Waals surface area contributed by atoms with E-state index in [9.17, 15) is 4.79 Å². The molecule has 5 heteroatoms. The fourth-order valence-electron chi connectivity index (χ4n) is 2.52. The van der Waals surface area contributed by atoms with Gasteiger partial charge in [0.1, 0.15) is 0 Å². The molecule has 0 saturated carbocycles. The molecule has 0 aliphatic heterocycles. The number of hydrogen-bond acceptors (Lipinski definition) is 2. The van der Waals surface area contributed by atoms with Crippen molar-refractivity contribution < 1.29 is 4.79 Å². The van der Waals surface area contributed by atoms with Crippen molar-refractivity contribution in [2.24, 2.45) is 0 Å². The zero-order chi connectivity index (χ0) is 16.3. The lowest BCUT2D eigenvalue weighted by molar-refractivity contribution is 0.0797. The van der Waals surface area contributed by atoms with Crippen molar-refractivity contribution in [2.75, 3.05) is 13.6 Å². The van der Waals surface area contributed by atoms with Crippen LogP contribution in [0.4, 0.5) is 0 Å². The van der Waals surface area contributed by atoms with E-state index < -0.39 is 0 Å². The van der Waals surface area contributed by atoms with Crippen LogP contribution in [0.5, 0.6) is 0 Å². The summed E-state index contributed by atoms with van der Waals surface area (Å²) in [5.41, 5.74) is 3.61. The predicted molar refractivity (Wildman–Crippen MR) is 90.1 cm³/mol. The first-order valence-corrected chi connectivity index (χ1v) is 7.82. The fraction of sp³-hybridized carbons (Fsp3) is 0.294. The Morgan fingerprint density at radius 3 is 2.73 bits per heavy atom. The van der Waals surface area contributed by atoms with Crippen molar-refractivity contribution in [3.8, 4) is 11.8 Å². The quantitative estimate of drug-likeness (QED) is 0.832. The van der Waals surface area contributed by atoms with E-state index in [-0.39, 0.29) is 5.91 Å². The Labute approximate surface area is 139 Å². The predicted octanol–water partition coefficient (Wildman–Crippen LogP) is 3.84. The van der Waals surface area contributed by atoms with Gasteiger partial charge in [0, 0.05) is 35.1 Å². The molecule has 0 radical (unpaired) electrons. The molecular formula is C17H18BrN3O. The molecule has 114 valence electrons. The lowest BCUT2D eigenvalue weighted by Gasteiger charge is -2.16. The van der Waals surface area contributed by atoms with E-state index >= 15 is 0 Å². The Kier molecular flexibility index (Phi) is 5.04. The highest BCUT2D eigenvalue weighted by atomic mass is 79.9. The van der Waals surface area contributed by atoms with Crippen molar-refractivity contribution in [1.82, 2.24) is 9.47 Å². The van der Waals surface area contributed by atoms with Gasteiger partial charge in [0.25, 0.3) is 5.91 Å². The summed E-state index contributed by atoms with van der Waals surface area (Å²) in [5, 5.41) is 8.65. The molecular weight excluding hydrogens is 342 g/mol. The van der Waals surface area contributed by atoms with Crippen LogP contribution in [0.15, 0.2) is 34.8 Å². The van der Waals surface area contributed by atoms with Gasteiger partial charge in [-0.05, 0) is 38.1 Å². The van der Waals surface area contributed by atoms with Gasteiger partial charge in [0.05, 0.1) is 18.1 Å². The summed E-state index contributed by atoms with van der Waals surface area (Å²) in [6.45, 7) is 4.37. The second-order valence-electron chi connectivity index (χ2n) is 5.23. The minimum Gasteiger partial charge on any atom is -0.341 e. The van der Waals surface area contributed by atoms with Gasteiger partial charge in [0.15, 0.2) is 0 Å². The Bertz CT molecular complexity index is 743. The molecule has 1 amide bonds. The molecule has 0 spiro atoms. The molecule has 0 atom stereocenters. The lowest BCUT2D eigenvalue weighted by Crippen LogP contribution is -2.27. The van der Waals surface area contributed by atoms with Crippen LogP contribution in [-0.2, 0) is 0 Å². The topological polar surface area (TPSA) is 49.0 Å². The van der Waals surface area contributed by atoms with Crippen LogP contribution in [0.2, 0.25) is 0 Å². The minimum absolute atomic E-state index is 0.0513. The highest BCUT2D eigenvalue weighted by Crippen LogP contribution is 2.24. The van der Waals surface area contributed by atoms with Crippen LogP contribution in [0.25, 0.3) is 5.69 Å². The first kappa shape index (κ1) is 16.3. The van der Waals surface area contributed by atoms with E-state index in [0.717, 1.165) is 21.5 Å². The Morgan fingerprint density at radius 1 is 1.36 bits per heavy atom. The van der Waals surface area contributed by atoms with E-state index in [1.165, 1.54) is 0 Å². The molecule has 2 rings (SSSR count). The first-order valence-electron chi connectivity index (χ1n) is 7.03. The van der Waals surface area contributed by atoms with E-state index in [4.69, 9.17) is 5.26 Å². The molecule has 2 aromatic rings. The van der Waals surface area contributed by atoms with Gasteiger partial charge in [-0.15, -0.1) is 0 Å². The van der Waals surface area contributed by atoms with Gasteiger partial charge < -0.3 is 9.47 Å². The Balaban J connectivity index is 2.39. The van der Waals surface area contributed by atoms with Gasteiger partial charge >= 0.3 is 0 Å². The number of hydrogen-bond donors (Lipinski definition) is 0. The van der Waals surface area contributed by atoms with Crippen molar-refractivity contribution >= 4 is 21.8 Å². The minimum atomic E-state index is -0.0513. The van der Waals surface area contributed by atoms with E-state index in [1.807, 2.05) is 44.2 Å². The summed E-state index contributed by atoms with van der Waals surface area (Å²) in [5.74, 6) is -0.0513. The van der Waals surface area contributed by atoms with Crippen molar-refractivity contribution in [3.05, 3.63) is 51.8 Å². The SMILES string of the molecule is Cc1cc(C(=O)N(C)CCC#N)c(C)n1-c1cccc(Br)c1. The van der Waals surface area contributed by atoms with Gasteiger partial charge in [0.2, 0.25) is 0 Å². The maximum Gasteiger partial charge on any atom is 0.255 e. The maximum absolute atomic E-state index is 12.5. The molecule has 1 aromatic heterocycles. The van der Waals surface area contributed by atoms with E-state index in [2.05, 4.69) is 26.6 Å². The summed E-state index contributed by atoms with van der Waals surface area (Å²) in [4.78, 5) is 14.1. The van der Waals surface area contributed by atoms with Crippen LogP contribution in [-0.4, -0.2) is 29.0 Å². The number of halogens is 1. The molecule has 1 aromatic carbocycles. The van der Waals surface area contributed by atoms with E-state index in [0.29, 0.717) is 18.5 Å². The van der Waals surface area contributed by atoms with Crippen molar-refractivity contribution in [3.63, 3.8) is 0 Å². The first-order chi connectivity index (χ1) is 10.5. The Morgan fingerprint density at radius 2 is 2.09 bits per heavy atom. The molecule has 0 bridgehead atoms.